The zero-order valence-corrected chi connectivity index (χ0v) is 22.8. The Morgan fingerprint density at radius 3 is 2.31 bits per heavy atom. The molecule has 7 nitrogen and oxygen atoms in total. The standard InChI is InChI=1S/C27H34BrN5O2/c1-18(2)16-32(26(35)29-22-10-8-7-9-21(22)28)17-25(34)30-24-15-23(27(4,5)6)31-33(24)20-13-11-19(3)12-14-20/h7-15,18H,16-17H2,1-6H3,(H,29,35)(H,30,34). The molecule has 1 heterocycles. The number of hydrogen-bond acceptors (Lipinski definition) is 3. The molecule has 0 saturated carbocycles. The van der Waals surface area contributed by atoms with Crippen LogP contribution in [0.25, 0.3) is 5.69 Å². The second-order valence-corrected chi connectivity index (χ2v) is 11.0. The van der Waals surface area contributed by atoms with Crippen LogP contribution in [0.2, 0.25) is 0 Å². The number of urea groups is 1. The summed E-state index contributed by atoms with van der Waals surface area (Å²) in [5.74, 6) is 0.472. The average molecular weight is 541 g/mol. The van der Waals surface area contributed by atoms with Crippen LogP contribution in [-0.4, -0.2) is 39.7 Å². The van der Waals surface area contributed by atoms with E-state index in [0.717, 1.165) is 21.4 Å². The maximum atomic E-state index is 13.1. The van der Waals surface area contributed by atoms with Gasteiger partial charge in [-0.05, 0) is 53.0 Å². The summed E-state index contributed by atoms with van der Waals surface area (Å²) in [6, 6.07) is 16.9. The van der Waals surface area contributed by atoms with E-state index in [-0.39, 0.29) is 29.8 Å². The van der Waals surface area contributed by atoms with Crippen LogP contribution in [-0.2, 0) is 10.2 Å². The number of aromatic nitrogens is 2. The number of nitrogens with zero attached hydrogens (tertiary/aromatic N) is 3. The number of carbonyl (C=O) groups is 2. The van der Waals surface area contributed by atoms with Gasteiger partial charge in [0.1, 0.15) is 12.4 Å². The molecule has 3 rings (SSSR count). The molecule has 2 aromatic carbocycles. The molecule has 3 amide bonds. The Morgan fingerprint density at radius 1 is 1.06 bits per heavy atom. The number of amides is 3. The molecule has 0 aliphatic carbocycles. The maximum absolute atomic E-state index is 13.1. The number of halogens is 1. The fourth-order valence-electron chi connectivity index (χ4n) is 3.49. The summed E-state index contributed by atoms with van der Waals surface area (Å²) in [5.41, 5.74) is 3.32. The molecule has 186 valence electrons. The lowest BCUT2D eigenvalue weighted by atomic mass is 9.92. The number of aryl methyl sites for hydroxylation is 1. The molecule has 0 aliphatic rings. The third-order valence-electron chi connectivity index (χ3n) is 5.35. The van der Waals surface area contributed by atoms with Gasteiger partial charge in [-0.3, -0.25) is 4.79 Å². The Morgan fingerprint density at radius 2 is 1.71 bits per heavy atom. The van der Waals surface area contributed by atoms with Crippen molar-refractivity contribution in [3.8, 4) is 5.69 Å². The Bertz CT molecular complexity index is 1180. The van der Waals surface area contributed by atoms with E-state index in [1.165, 1.54) is 4.90 Å². The lowest BCUT2D eigenvalue weighted by Crippen LogP contribution is -2.42. The predicted octanol–water partition coefficient (Wildman–Crippen LogP) is 6.37. The van der Waals surface area contributed by atoms with Gasteiger partial charge in [0.2, 0.25) is 5.91 Å². The quantitative estimate of drug-likeness (QED) is 0.366. The van der Waals surface area contributed by atoms with E-state index in [4.69, 9.17) is 5.10 Å². The van der Waals surface area contributed by atoms with E-state index in [1.54, 1.807) is 4.68 Å². The number of rotatable bonds is 7. The van der Waals surface area contributed by atoms with Crippen molar-refractivity contribution in [2.24, 2.45) is 5.92 Å². The number of nitrogens with one attached hydrogen (secondary N) is 2. The highest BCUT2D eigenvalue weighted by molar-refractivity contribution is 9.10. The van der Waals surface area contributed by atoms with Crippen molar-refractivity contribution in [1.29, 1.82) is 0 Å². The summed E-state index contributed by atoms with van der Waals surface area (Å²) in [5, 5.41) is 10.6. The SMILES string of the molecule is Cc1ccc(-n2nc(C(C)(C)C)cc2NC(=O)CN(CC(C)C)C(=O)Nc2ccccc2Br)cc1. The zero-order chi connectivity index (χ0) is 25.8. The number of hydrogen-bond donors (Lipinski definition) is 2. The maximum Gasteiger partial charge on any atom is 0.322 e. The van der Waals surface area contributed by atoms with Crippen molar-refractivity contribution in [3.05, 3.63) is 70.3 Å². The van der Waals surface area contributed by atoms with Crippen LogP contribution in [0.15, 0.2) is 59.1 Å². The second kappa shape index (κ2) is 11.1. The van der Waals surface area contributed by atoms with Crippen LogP contribution < -0.4 is 10.6 Å². The molecule has 0 unspecified atom stereocenters. The first-order valence-electron chi connectivity index (χ1n) is 11.7. The molecule has 3 aromatic rings. The van der Waals surface area contributed by atoms with Gasteiger partial charge in [0.15, 0.2) is 0 Å². The monoisotopic (exact) mass is 539 g/mol. The van der Waals surface area contributed by atoms with E-state index in [0.29, 0.717) is 18.1 Å². The van der Waals surface area contributed by atoms with Crippen LogP contribution in [0.3, 0.4) is 0 Å². The van der Waals surface area contributed by atoms with Gasteiger partial charge in [-0.1, -0.05) is 64.4 Å². The largest absolute Gasteiger partial charge is 0.322 e. The Balaban J connectivity index is 1.82. The Kier molecular flexibility index (Phi) is 8.38. The summed E-state index contributed by atoms with van der Waals surface area (Å²) in [7, 11) is 0. The molecule has 0 atom stereocenters. The second-order valence-electron chi connectivity index (χ2n) is 10.1. The highest BCUT2D eigenvalue weighted by Crippen LogP contribution is 2.27. The van der Waals surface area contributed by atoms with Crippen LogP contribution in [0.4, 0.5) is 16.3 Å². The van der Waals surface area contributed by atoms with Gasteiger partial charge >= 0.3 is 6.03 Å². The summed E-state index contributed by atoms with van der Waals surface area (Å²) in [6.45, 7) is 12.6. The zero-order valence-electron chi connectivity index (χ0n) is 21.2. The molecule has 0 aliphatic heterocycles. The van der Waals surface area contributed by atoms with Gasteiger partial charge in [-0.2, -0.15) is 5.10 Å². The van der Waals surface area contributed by atoms with Gasteiger partial charge in [0.05, 0.1) is 17.1 Å². The molecule has 8 heteroatoms. The molecule has 0 saturated heterocycles. The highest BCUT2D eigenvalue weighted by atomic mass is 79.9. The van der Waals surface area contributed by atoms with Crippen molar-refractivity contribution >= 4 is 39.4 Å². The number of benzene rings is 2. The van der Waals surface area contributed by atoms with Crippen LogP contribution in [0.5, 0.6) is 0 Å². The van der Waals surface area contributed by atoms with Crippen LogP contribution in [0.1, 0.15) is 45.9 Å². The molecular weight excluding hydrogens is 506 g/mol. The Hall–Kier alpha value is -3.13. The highest BCUT2D eigenvalue weighted by Gasteiger charge is 2.23. The predicted molar refractivity (Wildman–Crippen MR) is 145 cm³/mol. The molecule has 0 spiro atoms. The molecule has 1 aromatic heterocycles. The Labute approximate surface area is 216 Å². The van der Waals surface area contributed by atoms with Gasteiger partial charge in [0, 0.05) is 22.5 Å². The van der Waals surface area contributed by atoms with Crippen molar-refractivity contribution in [2.75, 3.05) is 23.7 Å². The van der Waals surface area contributed by atoms with E-state index >= 15 is 0 Å². The minimum absolute atomic E-state index is 0.0849. The summed E-state index contributed by atoms with van der Waals surface area (Å²) < 4.78 is 2.52. The summed E-state index contributed by atoms with van der Waals surface area (Å²) in [6.07, 6.45) is 0. The molecule has 2 N–H and O–H groups in total. The van der Waals surface area contributed by atoms with E-state index in [1.807, 2.05) is 75.4 Å². The van der Waals surface area contributed by atoms with Crippen molar-refractivity contribution in [2.45, 2.75) is 47.0 Å². The van der Waals surface area contributed by atoms with Crippen LogP contribution >= 0.6 is 15.9 Å². The number of carbonyl (C=O) groups excluding carboxylic acids is 2. The number of para-hydroxylation sites is 1. The van der Waals surface area contributed by atoms with Crippen molar-refractivity contribution in [3.63, 3.8) is 0 Å². The fraction of sp³-hybridized carbons (Fsp3) is 0.370. The van der Waals surface area contributed by atoms with Gasteiger partial charge in [-0.25, -0.2) is 9.48 Å². The van der Waals surface area contributed by atoms with Gasteiger partial charge in [-0.15, -0.1) is 0 Å². The summed E-state index contributed by atoms with van der Waals surface area (Å²) >= 11 is 3.45. The molecule has 35 heavy (non-hydrogen) atoms. The number of anilines is 2. The minimum Gasteiger partial charge on any atom is -0.315 e. The van der Waals surface area contributed by atoms with Gasteiger partial charge < -0.3 is 15.5 Å². The first-order valence-corrected chi connectivity index (χ1v) is 12.5. The smallest absolute Gasteiger partial charge is 0.315 e. The first-order chi connectivity index (χ1) is 16.4. The van der Waals surface area contributed by atoms with Crippen molar-refractivity contribution in [1.82, 2.24) is 14.7 Å². The summed E-state index contributed by atoms with van der Waals surface area (Å²) in [4.78, 5) is 27.7. The topological polar surface area (TPSA) is 79.3 Å². The third kappa shape index (κ3) is 7.18. The van der Waals surface area contributed by atoms with Gasteiger partial charge in [0.25, 0.3) is 0 Å². The van der Waals surface area contributed by atoms with E-state index in [9.17, 15) is 9.59 Å². The fourth-order valence-corrected chi connectivity index (χ4v) is 3.88. The normalized spacial score (nSPS) is 11.4. The lowest BCUT2D eigenvalue weighted by Gasteiger charge is -2.24. The lowest BCUT2D eigenvalue weighted by molar-refractivity contribution is -0.116. The molecule has 0 fully saturated rings. The van der Waals surface area contributed by atoms with Crippen LogP contribution in [0, 0.1) is 12.8 Å². The molecule has 0 radical (unpaired) electrons. The molecular formula is C27H34BrN5O2. The third-order valence-corrected chi connectivity index (χ3v) is 6.04. The average Bonchev–Trinajstić information content (AvgIpc) is 3.19. The van der Waals surface area contributed by atoms with E-state index < -0.39 is 0 Å². The molecule has 0 bridgehead atoms. The van der Waals surface area contributed by atoms with E-state index in [2.05, 4.69) is 47.3 Å². The minimum atomic E-state index is -0.330. The van der Waals surface area contributed by atoms with Crippen molar-refractivity contribution < 1.29 is 9.59 Å². The first kappa shape index (κ1) is 26.5.